The Bertz CT molecular complexity index is 235. The van der Waals surface area contributed by atoms with E-state index in [1.165, 1.54) is 0 Å². The second kappa shape index (κ2) is 4.88. The van der Waals surface area contributed by atoms with E-state index in [1.807, 2.05) is 18.2 Å². The van der Waals surface area contributed by atoms with Crippen molar-refractivity contribution < 1.29 is 9.50 Å². The summed E-state index contributed by atoms with van der Waals surface area (Å²) in [7, 11) is 0. The average molecular weight is 168 g/mol. The number of aryl methyl sites for hydroxylation is 1. The molecule has 1 rings (SSSR count). The van der Waals surface area contributed by atoms with E-state index in [2.05, 4.69) is 0 Å². The van der Waals surface area contributed by atoms with Gasteiger partial charge < -0.3 is 5.11 Å². The van der Waals surface area contributed by atoms with Crippen molar-refractivity contribution in [3.63, 3.8) is 0 Å². The first-order valence-corrected chi connectivity index (χ1v) is 4.11. The minimum absolute atomic E-state index is 0.194. The number of aliphatic hydroxyl groups is 1. The summed E-state index contributed by atoms with van der Waals surface area (Å²) in [6.07, 6.45) is 1.57. The molecule has 2 heteroatoms. The Morgan fingerprint density at radius 3 is 2.67 bits per heavy atom. The van der Waals surface area contributed by atoms with Gasteiger partial charge in [0.2, 0.25) is 0 Å². The molecule has 0 aliphatic heterocycles. The van der Waals surface area contributed by atoms with Crippen molar-refractivity contribution in [2.75, 3.05) is 6.61 Å². The van der Waals surface area contributed by atoms with Gasteiger partial charge >= 0.3 is 0 Å². The fraction of sp³-hybridized carbons (Fsp3) is 0.400. The third-order valence-corrected chi connectivity index (χ3v) is 1.77. The summed E-state index contributed by atoms with van der Waals surface area (Å²) in [4.78, 5) is 0. The SMILES string of the molecule is OCCCc1cccc(CF)c1. The monoisotopic (exact) mass is 168 g/mol. The number of aliphatic hydroxyl groups excluding tert-OH is 1. The number of alkyl halides is 1. The van der Waals surface area contributed by atoms with Gasteiger partial charge in [0.25, 0.3) is 0 Å². The topological polar surface area (TPSA) is 20.2 Å². The quantitative estimate of drug-likeness (QED) is 0.729. The number of halogens is 1. The highest BCUT2D eigenvalue weighted by Crippen LogP contribution is 2.08. The molecule has 1 nitrogen and oxygen atoms in total. The first kappa shape index (κ1) is 9.20. The number of hydrogen-bond acceptors (Lipinski definition) is 1. The van der Waals surface area contributed by atoms with Crippen LogP contribution in [0.15, 0.2) is 24.3 Å². The fourth-order valence-corrected chi connectivity index (χ4v) is 1.15. The molecular formula is C10H13FO. The molecule has 0 amide bonds. The number of rotatable bonds is 4. The van der Waals surface area contributed by atoms with E-state index in [0.717, 1.165) is 18.4 Å². The van der Waals surface area contributed by atoms with E-state index in [9.17, 15) is 4.39 Å². The minimum Gasteiger partial charge on any atom is -0.396 e. The zero-order valence-electron chi connectivity index (χ0n) is 6.96. The molecule has 0 spiro atoms. The average Bonchev–Trinajstić information content (AvgIpc) is 2.15. The van der Waals surface area contributed by atoms with Crippen LogP contribution in [0.2, 0.25) is 0 Å². The molecule has 12 heavy (non-hydrogen) atoms. The van der Waals surface area contributed by atoms with Gasteiger partial charge in [0.15, 0.2) is 0 Å². The largest absolute Gasteiger partial charge is 0.396 e. The molecule has 1 aromatic rings. The molecule has 1 aromatic carbocycles. The minimum atomic E-state index is -0.410. The molecule has 0 atom stereocenters. The van der Waals surface area contributed by atoms with Gasteiger partial charge in [0.05, 0.1) is 0 Å². The standard InChI is InChI=1S/C10H13FO/c11-8-10-4-1-3-9(7-10)5-2-6-12/h1,3-4,7,12H,2,5-6,8H2. The maximum absolute atomic E-state index is 12.2. The van der Waals surface area contributed by atoms with E-state index in [4.69, 9.17) is 5.11 Å². The van der Waals surface area contributed by atoms with Crippen molar-refractivity contribution in [2.45, 2.75) is 19.5 Å². The van der Waals surface area contributed by atoms with Crippen LogP contribution in [0.5, 0.6) is 0 Å². The zero-order chi connectivity index (χ0) is 8.81. The molecule has 0 saturated carbocycles. The molecule has 0 bridgehead atoms. The van der Waals surface area contributed by atoms with Gasteiger partial charge in [-0.25, -0.2) is 4.39 Å². The molecular weight excluding hydrogens is 155 g/mol. The van der Waals surface area contributed by atoms with E-state index in [0.29, 0.717) is 5.56 Å². The lowest BCUT2D eigenvalue weighted by molar-refractivity contribution is 0.288. The van der Waals surface area contributed by atoms with Crippen molar-refractivity contribution in [3.05, 3.63) is 35.4 Å². The molecule has 0 aliphatic carbocycles. The van der Waals surface area contributed by atoms with Crippen molar-refractivity contribution in [1.29, 1.82) is 0 Å². The van der Waals surface area contributed by atoms with E-state index < -0.39 is 6.67 Å². The zero-order valence-corrected chi connectivity index (χ0v) is 6.96. The van der Waals surface area contributed by atoms with Crippen LogP contribution in [0.25, 0.3) is 0 Å². The molecule has 0 heterocycles. The third-order valence-electron chi connectivity index (χ3n) is 1.77. The van der Waals surface area contributed by atoms with Crippen LogP contribution in [0.1, 0.15) is 17.5 Å². The van der Waals surface area contributed by atoms with Crippen molar-refractivity contribution >= 4 is 0 Å². The van der Waals surface area contributed by atoms with E-state index in [-0.39, 0.29) is 6.61 Å². The van der Waals surface area contributed by atoms with Crippen molar-refractivity contribution in [1.82, 2.24) is 0 Å². The van der Waals surface area contributed by atoms with Crippen LogP contribution in [-0.4, -0.2) is 11.7 Å². The Balaban J connectivity index is 2.60. The van der Waals surface area contributed by atoms with E-state index in [1.54, 1.807) is 6.07 Å². The summed E-state index contributed by atoms with van der Waals surface area (Å²) in [5.41, 5.74) is 1.81. The summed E-state index contributed by atoms with van der Waals surface area (Å²) >= 11 is 0. The second-order valence-corrected chi connectivity index (χ2v) is 2.78. The van der Waals surface area contributed by atoms with Gasteiger partial charge in [-0.1, -0.05) is 24.3 Å². The highest BCUT2D eigenvalue weighted by Gasteiger charge is 1.94. The summed E-state index contributed by atoms with van der Waals surface area (Å²) in [6, 6.07) is 7.41. The molecule has 0 aromatic heterocycles. The van der Waals surface area contributed by atoms with Crippen LogP contribution in [0.4, 0.5) is 4.39 Å². The highest BCUT2D eigenvalue weighted by molar-refractivity contribution is 5.22. The van der Waals surface area contributed by atoms with Gasteiger partial charge in [-0.2, -0.15) is 0 Å². The Morgan fingerprint density at radius 1 is 1.25 bits per heavy atom. The molecule has 0 aliphatic rings. The van der Waals surface area contributed by atoms with Crippen molar-refractivity contribution in [2.24, 2.45) is 0 Å². The first-order valence-electron chi connectivity index (χ1n) is 4.11. The number of hydrogen-bond donors (Lipinski definition) is 1. The van der Waals surface area contributed by atoms with Gasteiger partial charge in [-0.3, -0.25) is 0 Å². The Labute approximate surface area is 71.9 Å². The molecule has 0 unspecified atom stereocenters. The first-order chi connectivity index (χ1) is 5.86. The lowest BCUT2D eigenvalue weighted by atomic mass is 10.1. The molecule has 0 fully saturated rings. The molecule has 0 saturated heterocycles. The fourth-order valence-electron chi connectivity index (χ4n) is 1.15. The molecule has 1 N–H and O–H groups in total. The Morgan fingerprint density at radius 2 is 2.00 bits per heavy atom. The molecule has 66 valence electrons. The predicted molar refractivity (Wildman–Crippen MR) is 46.7 cm³/mol. The summed E-state index contributed by atoms with van der Waals surface area (Å²) in [5, 5.41) is 8.58. The summed E-state index contributed by atoms with van der Waals surface area (Å²) in [5.74, 6) is 0. The van der Waals surface area contributed by atoms with Crippen molar-refractivity contribution in [3.8, 4) is 0 Å². The maximum Gasteiger partial charge on any atom is 0.115 e. The summed E-state index contributed by atoms with van der Waals surface area (Å²) < 4.78 is 12.2. The summed E-state index contributed by atoms with van der Waals surface area (Å²) in [6.45, 7) is -0.215. The van der Waals surface area contributed by atoms with Gasteiger partial charge in [-0.05, 0) is 24.0 Å². The Kier molecular flexibility index (Phi) is 3.74. The van der Waals surface area contributed by atoms with Gasteiger partial charge in [-0.15, -0.1) is 0 Å². The lowest BCUT2D eigenvalue weighted by Gasteiger charge is -2.00. The normalized spacial score (nSPS) is 10.2. The highest BCUT2D eigenvalue weighted by atomic mass is 19.1. The maximum atomic E-state index is 12.2. The van der Waals surface area contributed by atoms with Gasteiger partial charge in [0.1, 0.15) is 6.67 Å². The van der Waals surface area contributed by atoms with E-state index >= 15 is 0 Å². The lowest BCUT2D eigenvalue weighted by Crippen LogP contribution is -1.90. The number of benzene rings is 1. The van der Waals surface area contributed by atoms with Crippen LogP contribution >= 0.6 is 0 Å². The smallest absolute Gasteiger partial charge is 0.115 e. The van der Waals surface area contributed by atoms with Gasteiger partial charge in [0, 0.05) is 6.61 Å². The third kappa shape index (κ3) is 2.62. The van der Waals surface area contributed by atoms with Crippen LogP contribution in [0.3, 0.4) is 0 Å². The molecule has 0 radical (unpaired) electrons. The second-order valence-electron chi connectivity index (χ2n) is 2.78. The van der Waals surface area contributed by atoms with Crippen LogP contribution in [0, 0.1) is 0 Å². The van der Waals surface area contributed by atoms with Crippen LogP contribution in [-0.2, 0) is 13.1 Å². The predicted octanol–water partition coefficient (Wildman–Crippen LogP) is 2.08. The Hall–Kier alpha value is -0.890. The van der Waals surface area contributed by atoms with Crippen LogP contribution < -0.4 is 0 Å².